The van der Waals surface area contributed by atoms with Crippen LogP contribution >= 0.6 is 0 Å². The van der Waals surface area contributed by atoms with Crippen molar-refractivity contribution >= 4 is 21.6 Å². The zero-order valence-corrected chi connectivity index (χ0v) is 19.1. The van der Waals surface area contributed by atoms with E-state index in [0.717, 1.165) is 18.8 Å². The van der Waals surface area contributed by atoms with Gasteiger partial charge in [0.05, 0.1) is 5.92 Å². The molecule has 0 saturated carbocycles. The monoisotopic (exact) mass is 469 g/mol. The predicted molar refractivity (Wildman–Crippen MR) is 123 cm³/mol. The van der Waals surface area contributed by atoms with Crippen molar-refractivity contribution in [3.05, 3.63) is 54.7 Å². The number of piperidine rings is 1. The number of nitrogens with zero attached hydrogens (tertiary/aromatic N) is 4. The van der Waals surface area contributed by atoms with Crippen LogP contribution in [0.4, 0.5) is 5.69 Å². The van der Waals surface area contributed by atoms with Crippen LogP contribution in [0, 0.1) is 5.92 Å². The lowest BCUT2D eigenvalue weighted by molar-refractivity contribution is -0.137. The molecule has 2 aromatic heterocycles. The number of H-pyrrole nitrogens is 1. The van der Waals surface area contributed by atoms with Crippen LogP contribution in [0.25, 0.3) is 11.5 Å². The Balaban J connectivity index is 1.23. The minimum absolute atomic E-state index is 0.0419. The van der Waals surface area contributed by atoms with Crippen molar-refractivity contribution in [2.24, 2.45) is 5.92 Å². The van der Waals surface area contributed by atoms with Crippen LogP contribution in [0.3, 0.4) is 0 Å². The number of rotatable bonds is 5. The van der Waals surface area contributed by atoms with E-state index in [1.807, 2.05) is 23.1 Å². The highest BCUT2D eigenvalue weighted by Gasteiger charge is 2.37. The summed E-state index contributed by atoms with van der Waals surface area (Å²) in [7, 11) is -3.82. The van der Waals surface area contributed by atoms with Gasteiger partial charge in [0, 0.05) is 51.2 Å². The molecule has 2 aliphatic heterocycles. The van der Waals surface area contributed by atoms with Crippen molar-refractivity contribution in [2.75, 3.05) is 44.2 Å². The molecule has 2 fully saturated rings. The molecular weight excluding hydrogens is 442 g/mol. The summed E-state index contributed by atoms with van der Waals surface area (Å²) in [4.78, 5) is 17.4. The van der Waals surface area contributed by atoms with Crippen LogP contribution in [0.2, 0.25) is 0 Å². The zero-order valence-electron chi connectivity index (χ0n) is 18.3. The molecule has 0 unspecified atom stereocenters. The number of aromatic amines is 1. The highest BCUT2D eigenvalue weighted by atomic mass is 32.2. The first-order chi connectivity index (χ1) is 16.0. The van der Waals surface area contributed by atoms with Crippen molar-refractivity contribution in [3.63, 3.8) is 0 Å². The molecule has 1 atom stereocenters. The molecule has 1 aromatic carbocycles. The van der Waals surface area contributed by atoms with Gasteiger partial charge < -0.3 is 14.2 Å². The molecule has 4 heterocycles. The number of nitrogens with one attached hydrogen (secondary N) is 1. The van der Waals surface area contributed by atoms with E-state index in [0.29, 0.717) is 43.9 Å². The number of para-hydroxylation sites is 1. The van der Waals surface area contributed by atoms with Gasteiger partial charge >= 0.3 is 0 Å². The SMILES string of the molecule is O=C([C@@H]1CCCN(S(=O)(=O)c2ccc(-c3ccn[nH]3)o2)C1)N1CCN(c2ccccc2)CC1. The van der Waals surface area contributed by atoms with Crippen LogP contribution in [0.15, 0.2) is 64.2 Å². The minimum Gasteiger partial charge on any atom is -0.442 e. The lowest BCUT2D eigenvalue weighted by Crippen LogP contribution is -2.53. The van der Waals surface area contributed by atoms with E-state index in [4.69, 9.17) is 4.42 Å². The summed E-state index contributed by atoms with van der Waals surface area (Å²) < 4.78 is 33.4. The first-order valence-corrected chi connectivity index (χ1v) is 12.6. The van der Waals surface area contributed by atoms with Crippen LogP contribution in [-0.2, 0) is 14.8 Å². The second kappa shape index (κ2) is 9.03. The van der Waals surface area contributed by atoms with Crippen LogP contribution in [0.5, 0.6) is 0 Å². The third kappa shape index (κ3) is 4.40. The Morgan fingerprint density at radius 2 is 1.79 bits per heavy atom. The second-order valence-electron chi connectivity index (χ2n) is 8.44. The Hall–Kier alpha value is -3.11. The number of amides is 1. The molecule has 10 heteroatoms. The van der Waals surface area contributed by atoms with Gasteiger partial charge in [-0.3, -0.25) is 9.89 Å². The fourth-order valence-electron chi connectivity index (χ4n) is 4.57. The number of furan rings is 1. The quantitative estimate of drug-likeness (QED) is 0.616. The van der Waals surface area contributed by atoms with Crippen molar-refractivity contribution in [1.29, 1.82) is 0 Å². The number of sulfonamides is 1. The lowest BCUT2D eigenvalue weighted by atomic mass is 9.97. The number of anilines is 1. The maximum absolute atomic E-state index is 13.2. The largest absolute Gasteiger partial charge is 0.442 e. The van der Waals surface area contributed by atoms with Crippen molar-refractivity contribution in [3.8, 4) is 11.5 Å². The number of hydrogen-bond acceptors (Lipinski definition) is 6. The average molecular weight is 470 g/mol. The Morgan fingerprint density at radius 1 is 1.00 bits per heavy atom. The molecule has 174 valence electrons. The number of aromatic nitrogens is 2. The van der Waals surface area contributed by atoms with Crippen LogP contribution < -0.4 is 4.90 Å². The molecule has 0 aliphatic carbocycles. The van der Waals surface area contributed by atoms with Crippen LogP contribution in [0.1, 0.15) is 12.8 Å². The number of carbonyl (C=O) groups excluding carboxylic acids is 1. The number of piperazine rings is 1. The lowest BCUT2D eigenvalue weighted by Gasteiger charge is -2.39. The number of hydrogen-bond donors (Lipinski definition) is 1. The first kappa shape index (κ1) is 21.7. The van der Waals surface area contributed by atoms with Gasteiger partial charge in [-0.2, -0.15) is 9.40 Å². The smallest absolute Gasteiger partial charge is 0.276 e. The highest BCUT2D eigenvalue weighted by Crippen LogP contribution is 2.29. The Labute approximate surface area is 193 Å². The Bertz CT molecular complexity index is 1180. The summed E-state index contributed by atoms with van der Waals surface area (Å²) >= 11 is 0. The first-order valence-electron chi connectivity index (χ1n) is 11.2. The van der Waals surface area contributed by atoms with Crippen LogP contribution in [-0.4, -0.2) is 73.0 Å². The maximum Gasteiger partial charge on any atom is 0.276 e. The summed E-state index contributed by atoms with van der Waals surface area (Å²) in [5, 5.41) is 6.52. The van der Waals surface area contributed by atoms with E-state index < -0.39 is 10.0 Å². The minimum atomic E-state index is -3.82. The standard InChI is InChI=1S/C23H27N5O4S/c29-23(27-15-13-26(14-16-27)19-6-2-1-3-7-19)18-5-4-12-28(17-18)33(30,31)22-9-8-21(32-22)20-10-11-24-25-20/h1-3,6-11,18H,4-5,12-17H2,(H,24,25)/t18-/m1/s1. The zero-order chi connectivity index (χ0) is 22.8. The molecule has 3 aromatic rings. The molecule has 0 bridgehead atoms. The van der Waals surface area contributed by atoms with E-state index >= 15 is 0 Å². The third-order valence-corrected chi connectivity index (χ3v) is 8.13. The fraction of sp³-hybridized carbons (Fsp3) is 0.391. The molecule has 1 amide bonds. The molecule has 0 spiro atoms. The van der Waals surface area contributed by atoms with E-state index in [1.165, 1.54) is 10.4 Å². The van der Waals surface area contributed by atoms with Gasteiger partial charge in [0.2, 0.25) is 11.0 Å². The molecule has 33 heavy (non-hydrogen) atoms. The topological polar surface area (TPSA) is 103 Å². The number of benzene rings is 1. The van der Waals surface area contributed by atoms with E-state index in [9.17, 15) is 13.2 Å². The Kier molecular flexibility index (Phi) is 5.94. The van der Waals surface area contributed by atoms with Gasteiger partial charge in [-0.1, -0.05) is 18.2 Å². The fourth-order valence-corrected chi connectivity index (χ4v) is 6.00. The van der Waals surface area contributed by atoms with E-state index in [1.54, 1.807) is 18.3 Å². The normalized spacial score (nSPS) is 20.2. The van der Waals surface area contributed by atoms with Gasteiger partial charge in [0.25, 0.3) is 10.0 Å². The van der Waals surface area contributed by atoms with Crippen molar-refractivity contribution < 1.29 is 17.6 Å². The summed E-state index contributed by atoms with van der Waals surface area (Å²) in [5.41, 5.74) is 1.77. The molecule has 2 saturated heterocycles. The van der Waals surface area contributed by atoms with Crippen molar-refractivity contribution in [1.82, 2.24) is 19.4 Å². The van der Waals surface area contributed by atoms with Gasteiger partial charge in [0.1, 0.15) is 5.69 Å². The maximum atomic E-state index is 13.2. The highest BCUT2D eigenvalue weighted by molar-refractivity contribution is 7.89. The van der Waals surface area contributed by atoms with Crippen molar-refractivity contribution in [2.45, 2.75) is 17.9 Å². The van der Waals surface area contributed by atoms with E-state index in [2.05, 4.69) is 27.2 Å². The molecule has 0 radical (unpaired) electrons. The van der Waals surface area contributed by atoms with Gasteiger partial charge in [-0.15, -0.1) is 0 Å². The molecule has 2 aliphatic rings. The van der Waals surface area contributed by atoms with Gasteiger partial charge in [0.15, 0.2) is 5.76 Å². The predicted octanol–water partition coefficient (Wildman–Crippen LogP) is 2.42. The molecular formula is C23H27N5O4S. The van der Waals surface area contributed by atoms with Gasteiger partial charge in [-0.25, -0.2) is 8.42 Å². The van der Waals surface area contributed by atoms with E-state index in [-0.39, 0.29) is 23.5 Å². The summed E-state index contributed by atoms with van der Waals surface area (Å²) in [6.45, 7) is 3.39. The Morgan fingerprint density at radius 3 is 2.52 bits per heavy atom. The van der Waals surface area contributed by atoms with Gasteiger partial charge in [-0.05, 0) is 43.2 Å². The average Bonchev–Trinajstić information content (AvgIpc) is 3.57. The summed E-state index contributed by atoms with van der Waals surface area (Å²) in [5.74, 6) is 0.117. The summed E-state index contributed by atoms with van der Waals surface area (Å²) in [6, 6.07) is 15.0. The third-order valence-electron chi connectivity index (χ3n) is 6.39. The molecule has 1 N–H and O–H groups in total. The molecule has 9 nitrogen and oxygen atoms in total. The molecule has 5 rings (SSSR count). The summed E-state index contributed by atoms with van der Waals surface area (Å²) in [6.07, 6.45) is 2.92. The number of carbonyl (C=O) groups is 1. The second-order valence-corrected chi connectivity index (χ2v) is 10.3.